The van der Waals surface area contributed by atoms with Crippen molar-refractivity contribution >= 4 is 23.2 Å². The van der Waals surface area contributed by atoms with Crippen LogP contribution in [0.2, 0.25) is 10.2 Å². The number of pyridine rings is 1. The summed E-state index contributed by atoms with van der Waals surface area (Å²) in [6, 6.07) is 3.45. The largest absolute Gasteiger partial charge is 0.337 e. The first kappa shape index (κ1) is 13.3. The molecular weight excluding hydrogens is 271 g/mol. The SMILES string of the molecule is CN(Cc1nc(Cl)ccc1Cl)Cc1nccn1C. The zero-order chi connectivity index (χ0) is 13.1. The molecule has 0 fully saturated rings. The van der Waals surface area contributed by atoms with Gasteiger partial charge in [0.1, 0.15) is 11.0 Å². The fraction of sp³-hybridized carbons (Fsp3) is 0.333. The number of imidazole rings is 1. The molecule has 0 radical (unpaired) electrons. The van der Waals surface area contributed by atoms with Gasteiger partial charge in [0.25, 0.3) is 0 Å². The van der Waals surface area contributed by atoms with E-state index in [1.165, 1.54) is 0 Å². The van der Waals surface area contributed by atoms with Gasteiger partial charge in [-0.1, -0.05) is 23.2 Å². The van der Waals surface area contributed by atoms with Crippen molar-refractivity contribution in [3.8, 4) is 0 Å². The normalized spacial score (nSPS) is 11.2. The van der Waals surface area contributed by atoms with E-state index >= 15 is 0 Å². The molecule has 0 N–H and O–H groups in total. The summed E-state index contributed by atoms with van der Waals surface area (Å²) in [5.74, 6) is 0.996. The number of aromatic nitrogens is 3. The molecule has 0 amide bonds. The molecule has 0 aliphatic carbocycles. The van der Waals surface area contributed by atoms with Gasteiger partial charge in [-0.3, -0.25) is 4.90 Å². The van der Waals surface area contributed by atoms with E-state index in [9.17, 15) is 0 Å². The van der Waals surface area contributed by atoms with Crippen LogP contribution in [0.3, 0.4) is 0 Å². The lowest BCUT2D eigenvalue weighted by atomic mass is 10.3. The lowest BCUT2D eigenvalue weighted by Gasteiger charge is -2.16. The molecular formula is C12H14Cl2N4. The Kier molecular flexibility index (Phi) is 4.22. The zero-order valence-corrected chi connectivity index (χ0v) is 11.8. The number of nitrogens with zero attached hydrogens (tertiary/aromatic N) is 4. The van der Waals surface area contributed by atoms with Gasteiger partial charge in [0, 0.05) is 26.0 Å². The van der Waals surface area contributed by atoms with Gasteiger partial charge in [0.05, 0.1) is 17.3 Å². The van der Waals surface area contributed by atoms with Crippen LogP contribution in [0.1, 0.15) is 11.5 Å². The zero-order valence-electron chi connectivity index (χ0n) is 10.3. The van der Waals surface area contributed by atoms with Crippen LogP contribution in [0.5, 0.6) is 0 Å². The number of hydrogen-bond acceptors (Lipinski definition) is 3. The molecule has 0 spiro atoms. The van der Waals surface area contributed by atoms with Crippen LogP contribution in [0.15, 0.2) is 24.5 Å². The summed E-state index contributed by atoms with van der Waals surface area (Å²) in [5.41, 5.74) is 0.779. The number of hydrogen-bond donors (Lipinski definition) is 0. The van der Waals surface area contributed by atoms with Crippen molar-refractivity contribution in [2.75, 3.05) is 7.05 Å². The lowest BCUT2D eigenvalue weighted by molar-refractivity contribution is 0.303. The molecule has 2 rings (SSSR count). The second kappa shape index (κ2) is 5.69. The molecule has 4 nitrogen and oxygen atoms in total. The molecule has 0 saturated carbocycles. The van der Waals surface area contributed by atoms with E-state index in [1.807, 2.05) is 24.9 Å². The minimum Gasteiger partial charge on any atom is -0.337 e. The van der Waals surface area contributed by atoms with Crippen LogP contribution in [0.25, 0.3) is 0 Å². The molecule has 96 valence electrons. The summed E-state index contributed by atoms with van der Waals surface area (Å²) < 4.78 is 1.99. The number of rotatable bonds is 4. The van der Waals surface area contributed by atoms with Crippen LogP contribution in [-0.2, 0) is 20.1 Å². The Morgan fingerprint density at radius 1 is 1.28 bits per heavy atom. The first-order chi connectivity index (χ1) is 8.56. The van der Waals surface area contributed by atoms with Gasteiger partial charge >= 0.3 is 0 Å². The fourth-order valence-corrected chi connectivity index (χ4v) is 2.00. The van der Waals surface area contributed by atoms with E-state index < -0.39 is 0 Å². The van der Waals surface area contributed by atoms with Crippen molar-refractivity contribution in [2.45, 2.75) is 13.1 Å². The van der Waals surface area contributed by atoms with Gasteiger partial charge in [-0.05, 0) is 19.2 Å². The van der Waals surface area contributed by atoms with Gasteiger partial charge in [-0.25, -0.2) is 9.97 Å². The highest BCUT2D eigenvalue weighted by Crippen LogP contribution is 2.18. The molecule has 0 bridgehead atoms. The van der Waals surface area contributed by atoms with E-state index in [1.54, 1.807) is 18.3 Å². The Morgan fingerprint density at radius 2 is 2.06 bits per heavy atom. The van der Waals surface area contributed by atoms with Crippen molar-refractivity contribution in [3.63, 3.8) is 0 Å². The number of halogens is 2. The summed E-state index contributed by atoms with van der Waals surface area (Å²) in [5, 5.41) is 1.09. The van der Waals surface area contributed by atoms with Crippen LogP contribution < -0.4 is 0 Å². The maximum atomic E-state index is 6.08. The molecule has 2 heterocycles. The second-order valence-electron chi connectivity index (χ2n) is 4.19. The Hall–Kier alpha value is -1.10. The van der Waals surface area contributed by atoms with Crippen molar-refractivity contribution in [1.29, 1.82) is 0 Å². The van der Waals surface area contributed by atoms with Gasteiger partial charge in [0.15, 0.2) is 0 Å². The van der Waals surface area contributed by atoms with Crippen molar-refractivity contribution in [2.24, 2.45) is 7.05 Å². The Balaban J connectivity index is 2.05. The van der Waals surface area contributed by atoms with Crippen LogP contribution in [-0.4, -0.2) is 26.5 Å². The summed E-state index contributed by atoms with van der Waals surface area (Å²) in [4.78, 5) is 10.6. The maximum Gasteiger partial charge on any atom is 0.129 e. The van der Waals surface area contributed by atoms with E-state index in [4.69, 9.17) is 23.2 Å². The van der Waals surface area contributed by atoms with Gasteiger partial charge in [0.2, 0.25) is 0 Å². The summed E-state index contributed by atoms with van der Waals surface area (Å²) >= 11 is 11.9. The smallest absolute Gasteiger partial charge is 0.129 e. The average molecular weight is 285 g/mol. The fourth-order valence-electron chi connectivity index (χ4n) is 1.67. The highest BCUT2D eigenvalue weighted by molar-refractivity contribution is 6.32. The van der Waals surface area contributed by atoms with Gasteiger partial charge in [-0.2, -0.15) is 0 Å². The molecule has 6 heteroatoms. The van der Waals surface area contributed by atoms with Crippen LogP contribution in [0.4, 0.5) is 0 Å². The maximum absolute atomic E-state index is 6.08. The summed E-state index contributed by atoms with van der Waals surface area (Å²) in [6.45, 7) is 1.36. The third-order valence-electron chi connectivity index (χ3n) is 2.64. The van der Waals surface area contributed by atoms with E-state index in [0.29, 0.717) is 16.7 Å². The van der Waals surface area contributed by atoms with Crippen LogP contribution >= 0.6 is 23.2 Å². The summed E-state index contributed by atoms with van der Waals surface area (Å²) in [7, 11) is 3.97. The standard InChI is InChI=1S/C12H14Cl2N4/c1-17(8-12-15-5-6-18(12)2)7-10-9(13)3-4-11(14)16-10/h3-6H,7-8H2,1-2H3. The summed E-state index contributed by atoms with van der Waals surface area (Å²) in [6.07, 6.45) is 3.71. The van der Waals surface area contributed by atoms with E-state index in [-0.39, 0.29) is 0 Å². The predicted molar refractivity (Wildman–Crippen MR) is 72.6 cm³/mol. The third-order valence-corrected chi connectivity index (χ3v) is 3.19. The molecule has 2 aromatic rings. The van der Waals surface area contributed by atoms with Gasteiger partial charge < -0.3 is 4.57 Å². The quantitative estimate of drug-likeness (QED) is 0.810. The molecule has 0 saturated heterocycles. The first-order valence-corrected chi connectivity index (χ1v) is 6.27. The first-order valence-electron chi connectivity index (χ1n) is 5.52. The van der Waals surface area contributed by atoms with Crippen molar-refractivity contribution in [1.82, 2.24) is 19.4 Å². The minimum atomic E-state index is 0.458. The topological polar surface area (TPSA) is 34.0 Å². The second-order valence-corrected chi connectivity index (χ2v) is 4.98. The lowest BCUT2D eigenvalue weighted by Crippen LogP contribution is -2.20. The molecule has 0 atom stereocenters. The minimum absolute atomic E-state index is 0.458. The Bertz CT molecular complexity index is 539. The third kappa shape index (κ3) is 3.22. The van der Waals surface area contributed by atoms with Crippen LogP contribution in [0, 0.1) is 0 Å². The monoisotopic (exact) mass is 284 g/mol. The molecule has 0 unspecified atom stereocenters. The predicted octanol–water partition coefficient (Wildman–Crippen LogP) is 2.75. The van der Waals surface area contributed by atoms with Crippen molar-refractivity contribution in [3.05, 3.63) is 46.2 Å². The average Bonchev–Trinajstić information content (AvgIpc) is 2.70. The highest BCUT2D eigenvalue weighted by atomic mass is 35.5. The Labute approximate surface area is 116 Å². The molecule has 0 aliphatic rings. The number of aryl methyl sites for hydroxylation is 1. The Morgan fingerprint density at radius 3 is 2.72 bits per heavy atom. The van der Waals surface area contributed by atoms with E-state index in [0.717, 1.165) is 18.1 Å². The molecule has 18 heavy (non-hydrogen) atoms. The molecule has 0 aliphatic heterocycles. The molecule has 2 aromatic heterocycles. The van der Waals surface area contributed by atoms with Gasteiger partial charge in [-0.15, -0.1) is 0 Å². The highest BCUT2D eigenvalue weighted by Gasteiger charge is 2.09. The van der Waals surface area contributed by atoms with E-state index in [2.05, 4.69) is 14.9 Å². The molecule has 0 aromatic carbocycles. The van der Waals surface area contributed by atoms with Crippen molar-refractivity contribution < 1.29 is 0 Å².